The second-order valence-electron chi connectivity index (χ2n) is 8.57. The molecule has 0 aliphatic carbocycles. The molecular formula is C28H27F3N4O5. The Balaban J connectivity index is 1.57. The maximum Gasteiger partial charge on any atom is 0.261 e. The number of aromatic nitrogens is 2. The Hall–Kier alpha value is -4.58. The fourth-order valence-corrected chi connectivity index (χ4v) is 3.67. The van der Waals surface area contributed by atoms with Crippen molar-refractivity contribution in [3.05, 3.63) is 72.2 Å². The van der Waals surface area contributed by atoms with Crippen LogP contribution < -0.4 is 29.6 Å². The van der Waals surface area contributed by atoms with Gasteiger partial charge in [-0.15, -0.1) is 0 Å². The smallest absolute Gasteiger partial charge is 0.261 e. The Labute approximate surface area is 228 Å². The predicted octanol–water partition coefficient (Wildman–Crippen LogP) is 5.30. The summed E-state index contributed by atoms with van der Waals surface area (Å²) in [6, 6.07) is 7.92. The number of nitrogens with zero attached hydrogens (tertiary/aromatic N) is 2. The largest absolute Gasteiger partial charge is 0.493 e. The summed E-state index contributed by atoms with van der Waals surface area (Å²) in [5.41, 5.74) is 0.250. The van der Waals surface area contributed by atoms with Crippen molar-refractivity contribution in [2.24, 2.45) is 0 Å². The van der Waals surface area contributed by atoms with E-state index in [2.05, 4.69) is 20.6 Å². The number of ether oxygens (including phenoxy) is 4. The van der Waals surface area contributed by atoms with Crippen LogP contribution in [-0.4, -0.2) is 56.0 Å². The molecule has 2 aromatic heterocycles. The van der Waals surface area contributed by atoms with Gasteiger partial charge in [-0.25, -0.2) is 13.2 Å². The van der Waals surface area contributed by atoms with Gasteiger partial charge in [0.25, 0.3) is 5.91 Å². The number of rotatable bonds is 12. The van der Waals surface area contributed by atoms with Crippen LogP contribution >= 0.6 is 0 Å². The molecule has 1 unspecified atom stereocenters. The van der Waals surface area contributed by atoms with Gasteiger partial charge >= 0.3 is 0 Å². The summed E-state index contributed by atoms with van der Waals surface area (Å²) in [6.07, 6.45) is 2.74. The minimum absolute atomic E-state index is 0.0317. The van der Waals surface area contributed by atoms with E-state index in [1.54, 1.807) is 19.2 Å². The average molecular weight is 557 g/mol. The number of anilines is 1. The highest BCUT2D eigenvalue weighted by Crippen LogP contribution is 2.38. The molecule has 210 valence electrons. The predicted molar refractivity (Wildman–Crippen MR) is 142 cm³/mol. The topological polar surface area (TPSA) is 104 Å². The molecule has 1 atom stereocenters. The molecule has 2 N–H and O–H groups in total. The third-order valence-corrected chi connectivity index (χ3v) is 5.56. The Morgan fingerprint density at radius 2 is 1.75 bits per heavy atom. The molecule has 2 aromatic carbocycles. The van der Waals surface area contributed by atoms with Crippen LogP contribution in [0.25, 0.3) is 10.9 Å². The van der Waals surface area contributed by atoms with Crippen molar-refractivity contribution in [1.82, 2.24) is 15.3 Å². The van der Waals surface area contributed by atoms with Crippen molar-refractivity contribution >= 4 is 22.5 Å². The summed E-state index contributed by atoms with van der Waals surface area (Å²) in [6.45, 7) is 2.03. The number of halogens is 3. The third kappa shape index (κ3) is 6.70. The Kier molecular flexibility index (Phi) is 9.23. The zero-order chi connectivity index (χ0) is 28.6. The van der Waals surface area contributed by atoms with E-state index >= 15 is 8.78 Å². The van der Waals surface area contributed by atoms with Crippen LogP contribution in [0.3, 0.4) is 0 Å². The van der Waals surface area contributed by atoms with E-state index in [0.717, 1.165) is 12.1 Å². The summed E-state index contributed by atoms with van der Waals surface area (Å²) in [4.78, 5) is 20.9. The summed E-state index contributed by atoms with van der Waals surface area (Å²) < 4.78 is 65.4. The molecule has 0 saturated heterocycles. The molecule has 1 amide bonds. The molecule has 12 heteroatoms. The van der Waals surface area contributed by atoms with Crippen molar-refractivity contribution in [2.75, 3.05) is 39.2 Å². The number of benzene rings is 2. The van der Waals surface area contributed by atoms with Crippen LogP contribution in [0.4, 0.5) is 18.9 Å². The number of alkyl halides is 1. The van der Waals surface area contributed by atoms with Crippen LogP contribution in [0, 0.1) is 11.6 Å². The van der Waals surface area contributed by atoms with Gasteiger partial charge in [-0.2, -0.15) is 0 Å². The zero-order valence-corrected chi connectivity index (χ0v) is 22.0. The minimum atomic E-state index is -1.27. The fourth-order valence-electron chi connectivity index (χ4n) is 3.67. The first-order valence-corrected chi connectivity index (χ1v) is 12.2. The maximum atomic E-state index is 15.1. The van der Waals surface area contributed by atoms with E-state index in [4.69, 9.17) is 18.9 Å². The van der Waals surface area contributed by atoms with E-state index in [1.165, 1.54) is 44.8 Å². The quantitative estimate of drug-likeness (QED) is 0.227. The number of hydrogen-bond donors (Lipinski definition) is 2. The molecule has 0 aliphatic rings. The highest BCUT2D eigenvalue weighted by Gasteiger charge is 2.20. The van der Waals surface area contributed by atoms with Crippen molar-refractivity contribution in [1.29, 1.82) is 0 Å². The molecule has 0 aliphatic heterocycles. The number of amides is 1. The molecule has 0 saturated carbocycles. The summed E-state index contributed by atoms with van der Waals surface area (Å²) in [5.74, 6) is -2.51. The van der Waals surface area contributed by atoms with Gasteiger partial charge in [0.1, 0.15) is 30.9 Å². The van der Waals surface area contributed by atoms with Gasteiger partial charge in [-0.3, -0.25) is 14.8 Å². The van der Waals surface area contributed by atoms with Crippen LogP contribution in [0.5, 0.6) is 28.7 Å². The number of nitrogens with one attached hydrogen (secondary N) is 2. The number of likely N-dealkylation sites (N-methyl/N-ethyl adjacent to an activating group) is 1. The van der Waals surface area contributed by atoms with E-state index in [9.17, 15) is 9.18 Å². The number of pyridine rings is 2. The van der Waals surface area contributed by atoms with E-state index in [-0.39, 0.29) is 29.4 Å². The lowest BCUT2D eigenvalue weighted by Gasteiger charge is -2.15. The summed E-state index contributed by atoms with van der Waals surface area (Å²) in [5, 5.41) is 5.81. The highest BCUT2D eigenvalue weighted by atomic mass is 19.1. The van der Waals surface area contributed by atoms with Gasteiger partial charge in [-0.1, -0.05) is 0 Å². The molecular weight excluding hydrogens is 529 g/mol. The summed E-state index contributed by atoms with van der Waals surface area (Å²) in [7, 11) is 3.27. The Morgan fingerprint density at radius 3 is 2.45 bits per heavy atom. The van der Waals surface area contributed by atoms with Crippen LogP contribution in [-0.2, 0) is 0 Å². The zero-order valence-electron chi connectivity index (χ0n) is 22.0. The second-order valence-corrected chi connectivity index (χ2v) is 8.57. The highest BCUT2D eigenvalue weighted by molar-refractivity contribution is 6.06. The molecule has 40 heavy (non-hydrogen) atoms. The fraction of sp³-hybridized carbons (Fsp3) is 0.250. The van der Waals surface area contributed by atoms with Gasteiger partial charge in [0.15, 0.2) is 28.9 Å². The number of fused-ring (bicyclic) bond motifs is 1. The third-order valence-electron chi connectivity index (χ3n) is 5.56. The number of carbonyl (C=O) groups excluding carboxylic acids is 1. The van der Waals surface area contributed by atoms with Gasteiger partial charge < -0.3 is 29.6 Å². The molecule has 0 spiro atoms. The molecule has 4 rings (SSSR count). The van der Waals surface area contributed by atoms with Crippen LogP contribution in [0.15, 0.2) is 55.0 Å². The van der Waals surface area contributed by atoms with E-state index in [0.29, 0.717) is 35.6 Å². The van der Waals surface area contributed by atoms with Crippen LogP contribution in [0.1, 0.15) is 17.3 Å². The number of methoxy groups -OCH3 is 1. The molecule has 4 aromatic rings. The first kappa shape index (κ1) is 28.4. The van der Waals surface area contributed by atoms with Crippen molar-refractivity contribution in [3.8, 4) is 28.7 Å². The van der Waals surface area contributed by atoms with Gasteiger partial charge in [0, 0.05) is 54.4 Å². The first-order valence-electron chi connectivity index (χ1n) is 12.2. The first-order chi connectivity index (χ1) is 19.3. The number of hydrogen-bond acceptors (Lipinski definition) is 8. The van der Waals surface area contributed by atoms with Gasteiger partial charge in [0.05, 0.1) is 18.2 Å². The van der Waals surface area contributed by atoms with Crippen molar-refractivity contribution in [2.45, 2.75) is 13.1 Å². The Bertz CT molecular complexity index is 1480. The minimum Gasteiger partial charge on any atom is -0.493 e. The van der Waals surface area contributed by atoms with Crippen LogP contribution in [0.2, 0.25) is 0 Å². The lowest BCUT2D eigenvalue weighted by Crippen LogP contribution is -2.16. The molecule has 9 nitrogen and oxygen atoms in total. The lowest BCUT2D eigenvalue weighted by molar-refractivity contribution is 0.102. The SMILES string of the molecule is CNCCOc1cc2nccc(Oc3c(F)cc(NC(=O)c4cnccc4OCC(C)F)cc3F)c2cc1OC. The lowest BCUT2D eigenvalue weighted by atomic mass is 10.1. The van der Waals surface area contributed by atoms with Crippen molar-refractivity contribution in [3.63, 3.8) is 0 Å². The Morgan fingerprint density at radius 1 is 1.00 bits per heavy atom. The molecule has 2 heterocycles. The van der Waals surface area contributed by atoms with Gasteiger partial charge in [-0.05, 0) is 32.2 Å². The molecule has 0 radical (unpaired) electrons. The van der Waals surface area contributed by atoms with Crippen molar-refractivity contribution < 1.29 is 36.9 Å². The normalized spacial score (nSPS) is 11.7. The van der Waals surface area contributed by atoms with Gasteiger partial charge in [0.2, 0.25) is 0 Å². The molecule has 0 fully saturated rings. The summed E-state index contributed by atoms with van der Waals surface area (Å²) >= 11 is 0. The van der Waals surface area contributed by atoms with E-state index in [1.807, 2.05) is 0 Å². The molecule has 0 bridgehead atoms. The average Bonchev–Trinajstić information content (AvgIpc) is 2.93. The second kappa shape index (κ2) is 13.0. The monoisotopic (exact) mass is 556 g/mol. The van der Waals surface area contributed by atoms with E-state index < -0.39 is 29.5 Å². The standard InChI is InChI=1S/C28H27F3N4O5/c1-16(29)15-39-23-4-6-33-14-19(23)28(36)35-17-10-20(30)27(21(31)11-17)40-24-5-7-34-22-13-26(38-9-8-32-2)25(37-3)12-18(22)24/h4-7,10-14,16,32H,8-9,15H2,1-3H3,(H,35,36). The maximum absolute atomic E-state index is 15.1. The number of carbonyl (C=O) groups is 1.